The third-order valence-electron chi connectivity index (χ3n) is 4.02. The number of aromatic nitrogens is 1. The predicted molar refractivity (Wildman–Crippen MR) is 103 cm³/mol. The predicted octanol–water partition coefficient (Wildman–Crippen LogP) is 3.95. The molecule has 0 bridgehead atoms. The Morgan fingerprint density at radius 3 is 2.70 bits per heavy atom. The summed E-state index contributed by atoms with van der Waals surface area (Å²) < 4.78 is 18.9. The summed E-state index contributed by atoms with van der Waals surface area (Å²) >= 11 is 0. The van der Waals surface area contributed by atoms with Crippen LogP contribution in [0.4, 0.5) is 15.8 Å². The number of anilines is 2. The molecule has 0 spiro atoms. The number of pyridine rings is 1. The van der Waals surface area contributed by atoms with Crippen molar-refractivity contribution >= 4 is 17.3 Å². The van der Waals surface area contributed by atoms with Gasteiger partial charge in [-0.3, -0.25) is 9.78 Å². The Hall–Kier alpha value is -3.41. The summed E-state index contributed by atoms with van der Waals surface area (Å²) in [5.74, 6) is 0.119. The van der Waals surface area contributed by atoms with Gasteiger partial charge in [-0.15, -0.1) is 0 Å². The van der Waals surface area contributed by atoms with Gasteiger partial charge >= 0.3 is 0 Å². The number of para-hydroxylation sites is 2. The summed E-state index contributed by atoms with van der Waals surface area (Å²) in [6, 6.07) is 17.5. The second kappa shape index (κ2) is 8.80. The fourth-order valence-electron chi connectivity index (χ4n) is 2.64. The van der Waals surface area contributed by atoms with E-state index in [-0.39, 0.29) is 17.4 Å². The molecule has 0 saturated carbocycles. The van der Waals surface area contributed by atoms with Gasteiger partial charge in [-0.2, -0.15) is 0 Å². The number of nitrogens with zero attached hydrogens (tertiary/aromatic N) is 1. The first-order chi connectivity index (χ1) is 13.2. The molecule has 0 aliphatic rings. The molecule has 0 atom stereocenters. The molecule has 0 radical (unpaired) electrons. The number of methoxy groups -OCH3 is 1. The third-order valence-corrected chi connectivity index (χ3v) is 4.02. The molecule has 0 aliphatic heterocycles. The first kappa shape index (κ1) is 18.4. The Balaban J connectivity index is 1.62. The summed E-state index contributed by atoms with van der Waals surface area (Å²) in [5, 5.41) is 5.98. The molecule has 138 valence electrons. The van der Waals surface area contributed by atoms with Crippen molar-refractivity contribution in [3.05, 3.63) is 83.9 Å². The van der Waals surface area contributed by atoms with Crippen LogP contribution in [-0.4, -0.2) is 24.5 Å². The van der Waals surface area contributed by atoms with E-state index < -0.39 is 0 Å². The molecule has 5 nitrogen and oxygen atoms in total. The van der Waals surface area contributed by atoms with Crippen molar-refractivity contribution < 1.29 is 13.9 Å². The molecule has 1 amide bonds. The number of ether oxygens (including phenoxy) is 1. The first-order valence-electron chi connectivity index (χ1n) is 8.55. The number of benzene rings is 2. The zero-order chi connectivity index (χ0) is 19.1. The fraction of sp³-hybridized carbons (Fsp3) is 0.143. The van der Waals surface area contributed by atoms with Gasteiger partial charge in [-0.1, -0.05) is 30.3 Å². The van der Waals surface area contributed by atoms with Gasteiger partial charge < -0.3 is 15.4 Å². The topological polar surface area (TPSA) is 63.2 Å². The molecule has 27 heavy (non-hydrogen) atoms. The number of carbonyl (C=O) groups excluding carboxylic acids is 1. The molecule has 0 unspecified atom stereocenters. The van der Waals surface area contributed by atoms with Gasteiger partial charge in [0.05, 0.1) is 12.8 Å². The molecular formula is C21H20FN3O2. The molecule has 1 heterocycles. The maximum Gasteiger partial charge on any atom is 0.269 e. The quantitative estimate of drug-likeness (QED) is 0.666. The maximum atomic E-state index is 13.6. The van der Waals surface area contributed by atoms with Gasteiger partial charge in [0.1, 0.15) is 17.3 Å². The molecule has 2 N–H and O–H groups in total. The van der Waals surface area contributed by atoms with Crippen LogP contribution in [-0.2, 0) is 6.42 Å². The van der Waals surface area contributed by atoms with Crippen LogP contribution in [0, 0.1) is 5.82 Å². The smallest absolute Gasteiger partial charge is 0.269 e. The van der Waals surface area contributed by atoms with E-state index in [2.05, 4.69) is 15.6 Å². The van der Waals surface area contributed by atoms with Crippen molar-refractivity contribution in [2.24, 2.45) is 0 Å². The summed E-state index contributed by atoms with van der Waals surface area (Å²) in [6.45, 7) is 0.325. The normalized spacial score (nSPS) is 10.3. The number of rotatable bonds is 7. The van der Waals surface area contributed by atoms with E-state index in [1.807, 2.05) is 24.3 Å². The van der Waals surface area contributed by atoms with Gasteiger partial charge in [0.15, 0.2) is 0 Å². The van der Waals surface area contributed by atoms with Crippen LogP contribution in [0.25, 0.3) is 0 Å². The summed E-state index contributed by atoms with van der Waals surface area (Å²) in [6.07, 6.45) is 1.97. The number of nitrogens with one attached hydrogen (secondary N) is 2. The SMILES string of the molecule is COc1ccccc1Nc1ccnc(C(=O)NCCc2ccccc2F)c1. The second-order valence-electron chi connectivity index (χ2n) is 5.85. The summed E-state index contributed by atoms with van der Waals surface area (Å²) in [4.78, 5) is 16.4. The van der Waals surface area contributed by atoms with Gasteiger partial charge in [-0.05, 0) is 42.3 Å². The number of amides is 1. The van der Waals surface area contributed by atoms with Crippen LogP contribution in [0.5, 0.6) is 5.75 Å². The van der Waals surface area contributed by atoms with Gasteiger partial charge in [0.25, 0.3) is 5.91 Å². The van der Waals surface area contributed by atoms with Crippen LogP contribution in [0.15, 0.2) is 66.9 Å². The van der Waals surface area contributed by atoms with Crippen LogP contribution < -0.4 is 15.4 Å². The average Bonchev–Trinajstić information content (AvgIpc) is 2.70. The number of halogens is 1. The van der Waals surface area contributed by atoms with Gasteiger partial charge in [0, 0.05) is 18.4 Å². The Labute approximate surface area is 157 Å². The van der Waals surface area contributed by atoms with Crippen molar-refractivity contribution in [3.63, 3.8) is 0 Å². The van der Waals surface area contributed by atoms with E-state index in [0.29, 0.717) is 30.0 Å². The van der Waals surface area contributed by atoms with E-state index in [1.54, 1.807) is 43.6 Å². The van der Waals surface area contributed by atoms with Crippen LogP contribution in [0.1, 0.15) is 16.1 Å². The van der Waals surface area contributed by atoms with Crippen LogP contribution in [0.3, 0.4) is 0 Å². The molecule has 0 aliphatic carbocycles. The molecule has 3 aromatic rings. The average molecular weight is 365 g/mol. The minimum atomic E-state index is -0.310. The standard InChI is InChI=1S/C21H20FN3O2/c1-27-20-9-5-4-8-18(20)25-16-11-13-23-19(14-16)21(26)24-12-10-15-6-2-3-7-17(15)22/h2-9,11,13-14H,10,12H2,1H3,(H,23,25)(H,24,26). The van der Waals surface area contributed by atoms with E-state index in [0.717, 1.165) is 5.69 Å². The zero-order valence-corrected chi connectivity index (χ0v) is 14.9. The Bertz CT molecular complexity index is 931. The summed E-state index contributed by atoms with van der Waals surface area (Å²) in [5.41, 5.74) is 2.35. The fourth-order valence-corrected chi connectivity index (χ4v) is 2.64. The van der Waals surface area contributed by atoms with E-state index in [4.69, 9.17) is 4.74 Å². The Morgan fingerprint density at radius 2 is 1.89 bits per heavy atom. The molecule has 2 aromatic carbocycles. The lowest BCUT2D eigenvalue weighted by molar-refractivity contribution is 0.0949. The molecular weight excluding hydrogens is 345 g/mol. The van der Waals surface area contributed by atoms with Crippen molar-refractivity contribution in [1.82, 2.24) is 10.3 Å². The van der Waals surface area contributed by atoms with E-state index >= 15 is 0 Å². The van der Waals surface area contributed by atoms with Crippen molar-refractivity contribution in [3.8, 4) is 5.75 Å². The highest BCUT2D eigenvalue weighted by atomic mass is 19.1. The molecule has 0 saturated heterocycles. The van der Waals surface area contributed by atoms with Gasteiger partial charge in [-0.25, -0.2) is 4.39 Å². The first-order valence-corrected chi connectivity index (χ1v) is 8.55. The highest BCUT2D eigenvalue weighted by molar-refractivity contribution is 5.93. The van der Waals surface area contributed by atoms with Crippen LogP contribution >= 0.6 is 0 Å². The minimum Gasteiger partial charge on any atom is -0.495 e. The molecule has 1 aromatic heterocycles. The van der Waals surface area contributed by atoms with E-state index in [9.17, 15) is 9.18 Å². The van der Waals surface area contributed by atoms with Crippen molar-refractivity contribution in [2.45, 2.75) is 6.42 Å². The lowest BCUT2D eigenvalue weighted by Crippen LogP contribution is -2.26. The van der Waals surface area contributed by atoms with Gasteiger partial charge in [0.2, 0.25) is 0 Å². The monoisotopic (exact) mass is 365 g/mol. The molecule has 6 heteroatoms. The number of hydrogen-bond donors (Lipinski definition) is 2. The molecule has 3 rings (SSSR count). The molecule has 0 fully saturated rings. The van der Waals surface area contributed by atoms with Crippen LogP contribution in [0.2, 0.25) is 0 Å². The van der Waals surface area contributed by atoms with Crippen molar-refractivity contribution in [2.75, 3.05) is 19.0 Å². The Morgan fingerprint density at radius 1 is 1.11 bits per heavy atom. The third kappa shape index (κ3) is 4.82. The number of carbonyl (C=O) groups is 1. The largest absolute Gasteiger partial charge is 0.495 e. The van der Waals surface area contributed by atoms with E-state index in [1.165, 1.54) is 6.07 Å². The summed E-state index contributed by atoms with van der Waals surface area (Å²) in [7, 11) is 1.60. The number of hydrogen-bond acceptors (Lipinski definition) is 4. The lowest BCUT2D eigenvalue weighted by atomic mass is 10.1. The maximum absolute atomic E-state index is 13.6. The lowest BCUT2D eigenvalue weighted by Gasteiger charge is -2.11. The zero-order valence-electron chi connectivity index (χ0n) is 14.9. The minimum absolute atomic E-state index is 0.270. The highest BCUT2D eigenvalue weighted by Crippen LogP contribution is 2.26. The second-order valence-corrected chi connectivity index (χ2v) is 5.85. The van der Waals surface area contributed by atoms with Crippen molar-refractivity contribution in [1.29, 1.82) is 0 Å². The Kier molecular flexibility index (Phi) is 5.99. The highest BCUT2D eigenvalue weighted by Gasteiger charge is 2.09.